The number of unbranched alkanes of at least 4 members (excludes halogenated alkanes) is 42. The summed E-state index contributed by atoms with van der Waals surface area (Å²) in [4.78, 5) is 0. The third kappa shape index (κ3) is 38.8. The molecule has 9 nitrogen and oxygen atoms in total. The lowest BCUT2D eigenvalue weighted by atomic mass is 9.92. The number of benzene rings is 7. The van der Waals surface area contributed by atoms with Crippen LogP contribution in [0, 0.1) is 0 Å². The molecule has 0 fully saturated rings. The molecule has 0 spiro atoms. The summed E-state index contributed by atoms with van der Waals surface area (Å²) in [6.07, 6.45) is 59.7. The zero-order valence-electron chi connectivity index (χ0n) is 72.1. The van der Waals surface area contributed by atoms with Crippen molar-refractivity contribution in [3.63, 3.8) is 0 Å². The van der Waals surface area contributed by atoms with Crippen LogP contribution in [0.1, 0.15) is 361 Å². The number of hydrogen-bond donors (Lipinski definition) is 1. The highest BCUT2D eigenvalue weighted by atomic mass is 16.6. The molecule has 0 saturated carbocycles. The van der Waals surface area contributed by atoms with E-state index >= 15 is 0 Å². The van der Waals surface area contributed by atoms with E-state index in [9.17, 15) is 5.11 Å². The molecule has 113 heavy (non-hydrogen) atoms. The Morgan fingerprint density at radius 2 is 0.372 bits per heavy atom. The summed E-state index contributed by atoms with van der Waals surface area (Å²) in [7, 11) is 0. The Bertz CT molecular complexity index is 3220. The van der Waals surface area contributed by atoms with Crippen LogP contribution in [0.3, 0.4) is 0 Å². The molecule has 0 atom stereocenters. The first-order chi connectivity index (χ1) is 55.8. The summed E-state index contributed by atoms with van der Waals surface area (Å²) < 4.78 is 53.9. The summed E-state index contributed by atoms with van der Waals surface area (Å²) in [5.41, 5.74) is 10.7. The minimum atomic E-state index is 0.257. The van der Waals surface area contributed by atoms with Crippen molar-refractivity contribution in [1.82, 2.24) is 0 Å². The predicted molar refractivity (Wildman–Crippen MR) is 480 cm³/mol. The molecular weight excluding hydrogens is 1390 g/mol. The third-order valence-electron chi connectivity index (χ3n) is 22.2. The van der Waals surface area contributed by atoms with Crippen molar-refractivity contribution in [2.75, 3.05) is 39.6 Å². The van der Waals surface area contributed by atoms with E-state index in [1.807, 2.05) is 12.1 Å². The van der Waals surface area contributed by atoms with E-state index in [2.05, 4.69) is 157 Å². The van der Waals surface area contributed by atoms with Crippen LogP contribution >= 0.6 is 0 Å². The van der Waals surface area contributed by atoms with Crippen molar-refractivity contribution in [1.29, 1.82) is 0 Å². The molecule has 0 aromatic heterocycles. The molecule has 0 amide bonds. The van der Waals surface area contributed by atoms with Crippen molar-refractivity contribution < 1.29 is 43.0 Å². The van der Waals surface area contributed by atoms with E-state index in [1.165, 1.54) is 231 Å². The lowest BCUT2D eigenvalue weighted by Crippen LogP contribution is -2.08. The quantitative estimate of drug-likeness (QED) is 0.0374. The maximum atomic E-state index is 10.1. The summed E-state index contributed by atoms with van der Waals surface area (Å²) in [5, 5.41) is 10.1. The molecule has 7 aromatic rings. The van der Waals surface area contributed by atoms with Crippen LogP contribution in [0.5, 0.6) is 51.7 Å². The van der Waals surface area contributed by atoms with Gasteiger partial charge in [0, 0.05) is 0 Å². The van der Waals surface area contributed by atoms with Crippen LogP contribution in [-0.4, -0.2) is 44.7 Å². The number of rotatable bonds is 70. The standard InChI is InChI=1S/C104H154O9/c1-7-13-19-25-31-37-43-49-71-106-99-77-86(78-100(107-72-50-44-38-32-26-20-14-8-2)103(99)110-75-53-47-41-35-29-23-17-11-5)84-112-97-67-61-91(62-68-97)94-81-93(90-57-55-88(56-58-90)89-59-65-96(105)66-60-89)82-95(83-94)92-63-69-98(70-64-92)113-85-87-79-101(108-73-51-45-39-33-27-21-15-9-3)104(111-76-54-48-42-36-30-24-18-12-6)102(80-87)109-74-52-46-40-34-28-22-16-10-4/h55-70,77-83,105H,7-54,71-76,84-85H2,1-6H3. The van der Waals surface area contributed by atoms with Gasteiger partial charge in [0.15, 0.2) is 23.0 Å². The molecule has 7 rings (SSSR count). The zero-order valence-corrected chi connectivity index (χ0v) is 72.1. The van der Waals surface area contributed by atoms with Gasteiger partial charge in [-0.05, 0) is 173 Å². The van der Waals surface area contributed by atoms with Gasteiger partial charge in [-0.15, -0.1) is 0 Å². The number of phenolic OH excluding ortho intramolecular Hbond substituents is 1. The van der Waals surface area contributed by atoms with Gasteiger partial charge in [-0.25, -0.2) is 0 Å². The lowest BCUT2D eigenvalue weighted by Gasteiger charge is -2.19. The Labute approximate surface area is 688 Å². The SMILES string of the molecule is CCCCCCCCCCOc1cc(COc2ccc(-c3cc(-c4ccc(OCc5cc(OCCCCCCCCCC)c(OCCCCCCCCCC)c(OCCCCCCCCCC)c5)cc4)cc(-c4ccc(-c5ccc(O)cc5)cc4)c3)cc2)cc(OCCCCCCCCCC)c1OCCCCCCCCCC. The predicted octanol–water partition coefficient (Wildman–Crippen LogP) is 32.3. The van der Waals surface area contributed by atoms with Crippen molar-refractivity contribution in [3.8, 4) is 96.3 Å². The van der Waals surface area contributed by atoms with Gasteiger partial charge in [-0.1, -0.05) is 372 Å². The van der Waals surface area contributed by atoms with Crippen LogP contribution in [0.25, 0.3) is 44.5 Å². The highest BCUT2D eigenvalue weighted by Crippen LogP contribution is 2.43. The summed E-state index contributed by atoms with van der Waals surface area (Å²) >= 11 is 0. The number of aromatic hydroxyl groups is 1. The van der Waals surface area contributed by atoms with E-state index in [4.69, 9.17) is 37.9 Å². The lowest BCUT2D eigenvalue weighted by molar-refractivity contribution is 0.232. The number of phenols is 1. The fraction of sp³-hybridized carbons (Fsp3) is 0.596. The second-order valence-electron chi connectivity index (χ2n) is 32.3. The van der Waals surface area contributed by atoms with Gasteiger partial charge in [0.1, 0.15) is 30.5 Å². The molecule has 0 aliphatic rings. The van der Waals surface area contributed by atoms with E-state index < -0.39 is 0 Å². The van der Waals surface area contributed by atoms with Crippen molar-refractivity contribution >= 4 is 0 Å². The molecule has 0 aliphatic heterocycles. The highest BCUT2D eigenvalue weighted by Gasteiger charge is 2.20. The molecule has 9 heteroatoms. The average Bonchev–Trinajstić information content (AvgIpc) is 0.800. The van der Waals surface area contributed by atoms with Crippen LogP contribution in [0.4, 0.5) is 0 Å². The Balaban J connectivity index is 1.12. The van der Waals surface area contributed by atoms with Crippen molar-refractivity contribution in [3.05, 3.63) is 151 Å². The van der Waals surface area contributed by atoms with Gasteiger partial charge in [-0.3, -0.25) is 0 Å². The Morgan fingerprint density at radius 1 is 0.186 bits per heavy atom. The number of ether oxygens (including phenoxy) is 8. The molecule has 0 radical (unpaired) electrons. The first-order valence-corrected chi connectivity index (χ1v) is 46.4. The van der Waals surface area contributed by atoms with Gasteiger partial charge in [0.05, 0.1) is 39.6 Å². The fourth-order valence-electron chi connectivity index (χ4n) is 15.1. The maximum absolute atomic E-state index is 10.1. The molecule has 0 unspecified atom stereocenters. The van der Waals surface area contributed by atoms with Crippen molar-refractivity contribution in [2.24, 2.45) is 0 Å². The van der Waals surface area contributed by atoms with Crippen LogP contribution in [0.2, 0.25) is 0 Å². The minimum Gasteiger partial charge on any atom is -0.508 e. The van der Waals surface area contributed by atoms with Gasteiger partial charge < -0.3 is 43.0 Å². The highest BCUT2D eigenvalue weighted by molar-refractivity contribution is 5.82. The normalized spacial score (nSPS) is 11.3. The minimum absolute atomic E-state index is 0.257. The molecule has 0 aliphatic carbocycles. The Morgan fingerprint density at radius 3 is 0.602 bits per heavy atom. The molecule has 0 saturated heterocycles. The second kappa shape index (κ2) is 60.3. The van der Waals surface area contributed by atoms with E-state index in [0.29, 0.717) is 52.9 Å². The number of hydrogen-bond acceptors (Lipinski definition) is 9. The van der Waals surface area contributed by atoms with Gasteiger partial charge in [0.25, 0.3) is 0 Å². The molecular formula is C104H154O9. The molecule has 624 valence electrons. The van der Waals surface area contributed by atoms with E-state index in [0.717, 1.165) is 179 Å². The summed E-state index contributed by atoms with van der Waals surface area (Å²) in [6.45, 7) is 18.2. The van der Waals surface area contributed by atoms with E-state index in [1.54, 1.807) is 12.1 Å². The van der Waals surface area contributed by atoms with Crippen LogP contribution < -0.4 is 37.9 Å². The first kappa shape index (κ1) is 92.9. The van der Waals surface area contributed by atoms with E-state index in [-0.39, 0.29) is 5.75 Å². The average molecular weight is 1550 g/mol. The summed E-state index contributed by atoms with van der Waals surface area (Å²) in [6, 6.07) is 48.7. The van der Waals surface area contributed by atoms with Gasteiger partial charge >= 0.3 is 0 Å². The smallest absolute Gasteiger partial charge is 0.203 e. The molecule has 0 bridgehead atoms. The maximum Gasteiger partial charge on any atom is 0.203 e. The largest absolute Gasteiger partial charge is 0.508 e. The zero-order chi connectivity index (χ0) is 79.5. The molecule has 7 aromatic carbocycles. The molecule has 1 N–H and O–H groups in total. The molecule has 0 heterocycles. The van der Waals surface area contributed by atoms with Crippen LogP contribution in [0.15, 0.2) is 140 Å². The summed E-state index contributed by atoms with van der Waals surface area (Å²) in [5.74, 6) is 6.32. The van der Waals surface area contributed by atoms with Crippen molar-refractivity contribution in [2.45, 2.75) is 363 Å². The third-order valence-corrected chi connectivity index (χ3v) is 22.2. The topological polar surface area (TPSA) is 94.1 Å². The van der Waals surface area contributed by atoms with Crippen LogP contribution in [-0.2, 0) is 13.2 Å². The Kier molecular flexibility index (Phi) is 49.6. The second-order valence-corrected chi connectivity index (χ2v) is 32.3. The fourth-order valence-corrected chi connectivity index (χ4v) is 15.1. The first-order valence-electron chi connectivity index (χ1n) is 46.4. The Hall–Kier alpha value is -7.26. The van der Waals surface area contributed by atoms with Gasteiger partial charge in [0.2, 0.25) is 11.5 Å². The monoisotopic (exact) mass is 1550 g/mol. The van der Waals surface area contributed by atoms with Gasteiger partial charge in [-0.2, -0.15) is 0 Å².